The van der Waals surface area contributed by atoms with Gasteiger partial charge in [0.15, 0.2) is 0 Å². The van der Waals surface area contributed by atoms with E-state index in [-0.39, 0.29) is 5.82 Å². The Bertz CT molecular complexity index is 233. The van der Waals surface area contributed by atoms with Gasteiger partial charge in [0.05, 0.1) is 4.47 Å². The number of rotatable bonds is 0. The van der Waals surface area contributed by atoms with Gasteiger partial charge in [-0.25, -0.2) is 4.39 Å². The fourth-order valence-electron chi connectivity index (χ4n) is 0.636. The molecular weight excluding hydrogens is 215 g/mol. The van der Waals surface area contributed by atoms with Gasteiger partial charge in [-0.2, -0.15) is 0 Å². The van der Waals surface area contributed by atoms with Gasteiger partial charge >= 0.3 is 0 Å². The lowest BCUT2D eigenvalue weighted by molar-refractivity contribution is 0.607. The van der Waals surface area contributed by atoms with E-state index in [2.05, 4.69) is 28.6 Å². The summed E-state index contributed by atoms with van der Waals surface area (Å²) in [6.07, 6.45) is 0. The highest BCUT2D eigenvalue weighted by Gasteiger charge is 2.04. The van der Waals surface area contributed by atoms with Crippen LogP contribution in [0.5, 0.6) is 0 Å². The van der Waals surface area contributed by atoms with E-state index in [0.717, 1.165) is 0 Å². The molecule has 10 heavy (non-hydrogen) atoms. The first-order chi connectivity index (χ1) is 4.63. The molecule has 0 aliphatic rings. The molecule has 0 aromatic heterocycles. The van der Waals surface area contributed by atoms with E-state index in [4.69, 9.17) is 0 Å². The average molecular weight is 221 g/mol. The van der Waals surface area contributed by atoms with Gasteiger partial charge in [0, 0.05) is 4.90 Å². The highest BCUT2D eigenvalue weighted by Crippen LogP contribution is 2.25. The van der Waals surface area contributed by atoms with Crippen LogP contribution >= 0.6 is 28.6 Å². The molecule has 0 N–H and O–H groups in total. The molecule has 54 valence electrons. The first-order valence-electron chi connectivity index (χ1n) is 2.76. The number of hydrogen-bond donors (Lipinski definition) is 1. The van der Waals surface area contributed by atoms with Gasteiger partial charge in [-0.1, -0.05) is 6.07 Å². The van der Waals surface area contributed by atoms with Crippen molar-refractivity contribution >= 4 is 28.6 Å². The Morgan fingerprint density at radius 1 is 1.50 bits per heavy atom. The van der Waals surface area contributed by atoms with Gasteiger partial charge in [-0.05, 0) is 34.5 Å². The third-order valence-electron chi connectivity index (χ3n) is 1.26. The molecule has 0 atom stereocenters. The van der Waals surface area contributed by atoms with E-state index >= 15 is 0 Å². The molecule has 0 nitrogen and oxygen atoms in total. The molecule has 1 aromatic rings. The summed E-state index contributed by atoms with van der Waals surface area (Å²) >= 11 is 7.11. The first-order valence-corrected chi connectivity index (χ1v) is 4.00. The van der Waals surface area contributed by atoms with Gasteiger partial charge in [-0.3, -0.25) is 0 Å². The van der Waals surface area contributed by atoms with Crippen molar-refractivity contribution in [2.75, 3.05) is 0 Å². The molecule has 0 heterocycles. The van der Waals surface area contributed by atoms with Crippen molar-refractivity contribution in [2.24, 2.45) is 0 Å². The Morgan fingerprint density at radius 2 is 2.10 bits per heavy atom. The quantitative estimate of drug-likeness (QED) is 0.639. The van der Waals surface area contributed by atoms with Gasteiger partial charge in [-0.15, -0.1) is 12.6 Å². The van der Waals surface area contributed by atoms with Crippen LogP contribution in [0, 0.1) is 12.7 Å². The minimum atomic E-state index is -0.229. The molecule has 0 aliphatic heterocycles. The minimum Gasteiger partial charge on any atom is -0.205 e. The molecule has 0 saturated carbocycles. The lowest BCUT2D eigenvalue weighted by Crippen LogP contribution is -1.83. The third kappa shape index (κ3) is 1.35. The summed E-state index contributed by atoms with van der Waals surface area (Å²) in [5.41, 5.74) is 0.629. The second kappa shape index (κ2) is 2.93. The van der Waals surface area contributed by atoms with E-state index in [1.54, 1.807) is 19.1 Å². The van der Waals surface area contributed by atoms with Crippen LogP contribution in [0.15, 0.2) is 21.5 Å². The normalized spacial score (nSPS) is 10.0. The van der Waals surface area contributed by atoms with Crippen LogP contribution < -0.4 is 0 Å². The number of aryl methyl sites for hydroxylation is 1. The van der Waals surface area contributed by atoms with Crippen molar-refractivity contribution < 1.29 is 4.39 Å². The predicted octanol–water partition coefficient (Wildman–Crippen LogP) is 3.19. The molecule has 0 aliphatic carbocycles. The zero-order valence-electron chi connectivity index (χ0n) is 5.36. The van der Waals surface area contributed by atoms with E-state index in [1.807, 2.05) is 0 Å². The van der Waals surface area contributed by atoms with Crippen molar-refractivity contribution in [1.82, 2.24) is 0 Å². The fourth-order valence-corrected chi connectivity index (χ4v) is 1.25. The maximum absolute atomic E-state index is 12.9. The lowest BCUT2D eigenvalue weighted by atomic mass is 10.2. The summed E-state index contributed by atoms with van der Waals surface area (Å²) in [5, 5.41) is 0. The van der Waals surface area contributed by atoms with E-state index in [1.165, 1.54) is 0 Å². The van der Waals surface area contributed by atoms with Gasteiger partial charge in [0.1, 0.15) is 5.82 Å². The highest BCUT2D eigenvalue weighted by atomic mass is 79.9. The minimum absolute atomic E-state index is 0.229. The van der Waals surface area contributed by atoms with Crippen molar-refractivity contribution in [3.63, 3.8) is 0 Å². The molecule has 0 saturated heterocycles. The molecule has 3 heteroatoms. The van der Waals surface area contributed by atoms with Crippen LogP contribution in [0.4, 0.5) is 4.39 Å². The molecule has 0 radical (unpaired) electrons. The molecule has 0 unspecified atom stereocenters. The summed E-state index contributed by atoms with van der Waals surface area (Å²) in [7, 11) is 0. The zero-order chi connectivity index (χ0) is 7.72. The molecule has 0 fully saturated rings. The summed E-state index contributed by atoms with van der Waals surface area (Å²) in [6, 6.07) is 3.45. The molecule has 0 bridgehead atoms. The van der Waals surface area contributed by atoms with E-state index in [9.17, 15) is 4.39 Å². The number of thiol groups is 1. The Labute approximate surface area is 73.0 Å². The number of halogens is 2. The topological polar surface area (TPSA) is 0 Å². The van der Waals surface area contributed by atoms with Crippen LogP contribution in [0.25, 0.3) is 0 Å². The number of hydrogen-bond acceptors (Lipinski definition) is 1. The van der Waals surface area contributed by atoms with Crippen LogP contribution in [-0.4, -0.2) is 0 Å². The Hall–Kier alpha value is -0.0200. The second-order valence-electron chi connectivity index (χ2n) is 2.03. The summed E-state index contributed by atoms with van der Waals surface area (Å²) in [6.45, 7) is 1.72. The van der Waals surface area contributed by atoms with Gasteiger partial charge in [0.25, 0.3) is 0 Å². The first kappa shape index (κ1) is 8.08. The molecule has 0 spiro atoms. The summed E-state index contributed by atoms with van der Waals surface area (Å²) < 4.78 is 13.3. The van der Waals surface area contributed by atoms with Gasteiger partial charge in [0.2, 0.25) is 0 Å². The Morgan fingerprint density at radius 3 is 2.60 bits per heavy atom. The van der Waals surface area contributed by atoms with Crippen LogP contribution in [0.1, 0.15) is 5.56 Å². The van der Waals surface area contributed by atoms with Crippen LogP contribution in [0.2, 0.25) is 0 Å². The SMILES string of the molecule is Cc1ccc(S)c(Br)c1F. The van der Waals surface area contributed by atoms with Crippen molar-refractivity contribution in [3.8, 4) is 0 Å². The van der Waals surface area contributed by atoms with Crippen molar-refractivity contribution in [2.45, 2.75) is 11.8 Å². The summed E-state index contributed by atoms with van der Waals surface area (Å²) in [5.74, 6) is -0.229. The maximum Gasteiger partial charge on any atom is 0.141 e. The average Bonchev–Trinajstić information content (AvgIpc) is 1.93. The monoisotopic (exact) mass is 220 g/mol. The zero-order valence-corrected chi connectivity index (χ0v) is 7.84. The largest absolute Gasteiger partial charge is 0.205 e. The molecule has 0 amide bonds. The summed E-state index contributed by atoms with van der Waals surface area (Å²) in [4.78, 5) is 0.628. The molecule has 1 rings (SSSR count). The van der Waals surface area contributed by atoms with E-state index in [0.29, 0.717) is 14.9 Å². The second-order valence-corrected chi connectivity index (χ2v) is 3.30. The molecular formula is C7H6BrFS. The van der Waals surface area contributed by atoms with E-state index < -0.39 is 0 Å². The fraction of sp³-hybridized carbons (Fsp3) is 0.143. The smallest absolute Gasteiger partial charge is 0.141 e. The number of benzene rings is 1. The molecule has 1 aromatic carbocycles. The van der Waals surface area contributed by atoms with Crippen molar-refractivity contribution in [3.05, 3.63) is 28.0 Å². The van der Waals surface area contributed by atoms with Crippen LogP contribution in [0.3, 0.4) is 0 Å². The third-order valence-corrected chi connectivity index (χ3v) is 2.71. The van der Waals surface area contributed by atoms with Crippen molar-refractivity contribution in [1.29, 1.82) is 0 Å². The maximum atomic E-state index is 12.9. The Balaban J connectivity index is 3.34. The standard InChI is InChI=1S/C7H6BrFS/c1-4-2-3-5(10)6(8)7(4)9/h2-3,10H,1H3. The van der Waals surface area contributed by atoms with Gasteiger partial charge < -0.3 is 0 Å². The lowest BCUT2D eigenvalue weighted by Gasteiger charge is -2.00. The predicted molar refractivity (Wildman–Crippen MR) is 46.1 cm³/mol. The Kier molecular flexibility index (Phi) is 2.36. The van der Waals surface area contributed by atoms with Crippen LogP contribution in [-0.2, 0) is 0 Å². The highest BCUT2D eigenvalue weighted by molar-refractivity contribution is 9.10.